The molecule has 0 aromatic rings. The molecule has 0 N–H and O–H groups in total. The van der Waals surface area contributed by atoms with E-state index < -0.39 is 0 Å². The molecular weight excluding hydrogens is 168 g/mol. The molecule has 80 valence electrons. The van der Waals surface area contributed by atoms with Gasteiger partial charge in [-0.25, -0.2) is 0 Å². The number of hydrogen-bond donors (Lipinski definition) is 0. The molecule has 0 aromatic carbocycles. The van der Waals surface area contributed by atoms with E-state index in [-0.39, 0.29) is 0 Å². The van der Waals surface area contributed by atoms with Gasteiger partial charge in [0.05, 0.1) is 0 Å². The highest BCUT2D eigenvalue weighted by atomic mass is 14.6. The fraction of sp³-hybridized carbons (Fsp3) is 1.00. The van der Waals surface area contributed by atoms with E-state index in [0.29, 0.717) is 5.41 Å². The van der Waals surface area contributed by atoms with Gasteiger partial charge in [-0.1, -0.05) is 27.2 Å². The van der Waals surface area contributed by atoms with Crippen LogP contribution in [0.3, 0.4) is 0 Å². The lowest BCUT2D eigenvalue weighted by atomic mass is 9.59. The van der Waals surface area contributed by atoms with Crippen LogP contribution >= 0.6 is 0 Å². The summed E-state index contributed by atoms with van der Waals surface area (Å²) in [5, 5.41) is 0. The first-order valence-electron chi connectivity index (χ1n) is 6.65. The average Bonchev–Trinajstić information content (AvgIpc) is 2.47. The topological polar surface area (TPSA) is 0 Å². The fourth-order valence-electron chi connectivity index (χ4n) is 4.95. The zero-order valence-corrected chi connectivity index (χ0v) is 9.92. The highest BCUT2D eigenvalue weighted by Gasteiger charge is 2.56. The quantitative estimate of drug-likeness (QED) is 0.586. The second-order valence-corrected chi connectivity index (χ2v) is 6.58. The Hall–Kier alpha value is 0. The lowest BCUT2D eigenvalue weighted by Gasteiger charge is -2.46. The van der Waals surface area contributed by atoms with Crippen molar-refractivity contribution < 1.29 is 0 Å². The zero-order valence-electron chi connectivity index (χ0n) is 9.92. The summed E-state index contributed by atoms with van der Waals surface area (Å²) in [6.07, 6.45) is 7.71. The first-order valence-corrected chi connectivity index (χ1v) is 6.65. The Kier molecular flexibility index (Phi) is 1.83. The van der Waals surface area contributed by atoms with Crippen LogP contribution in [0.15, 0.2) is 0 Å². The van der Waals surface area contributed by atoms with Crippen molar-refractivity contribution in [1.82, 2.24) is 0 Å². The molecule has 3 saturated carbocycles. The van der Waals surface area contributed by atoms with Crippen LogP contribution in [0.4, 0.5) is 0 Å². The van der Waals surface area contributed by atoms with Crippen LogP contribution in [0.2, 0.25) is 0 Å². The minimum atomic E-state index is 0.683. The van der Waals surface area contributed by atoms with Crippen molar-refractivity contribution in [2.24, 2.45) is 35.0 Å². The molecule has 0 amide bonds. The van der Waals surface area contributed by atoms with Crippen LogP contribution < -0.4 is 0 Å². The predicted octanol–water partition coefficient (Wildman–Crippen LogP) is 4.10. The maximum atomic E-state index is 2.58. The minimum Gasteiger partial charge on any atom is -0.0648 e. The Balaban J connectivity index is 1.92. The van der Waals surface area contributed by atoms with Crippen molar-refractivity contribution in [1.29, 1.82) is 0 Å². The highest BCUT2D eigenvalue weighted by Crippen LogP contribution is 2.64. The molecule has 0 heteroatoms. The largest absolute Gasteiger partial charge is 0.0648 e. The van der Waals surface area contributed by atoms with Crippen LogP contribution in [0.1, 0.15) is 52.9 Å². The van der Waals surface area contributed by atoms with Crippen molar-refractivity contribution in [2.75, 3.05) is 0 Å². The van der Waals surface area contributed by atoms with E-state index >= 15 is 0 Å². The Morgan fingerprint density at radius 1 is 1.07 bits per heavy atom. The van der Waals surface area contributed by atoms with Gasteiger partial charge >= 0.3 is 0 Å². The van der Waals surface area contributed by atoms with Crippen molar-refractivity contribution in [3.8, 4) is 0 Å². The molecule has 6 unspecified atom stereocenters. The second kappa shape index (κ2) is 2.77. The molecule has 0 spiro atoms. The summed E-state index contributed by atoms with van der Waals surface area (Å²) in [6.45, 7) is 7.52. The Labute approximate surface area is 88.5 Å². The molecule has 3 aliphatic rings. The third-order valence-corrected chi connectivity index (χ3v) is 6.44. The van der Waals surface area contributed by atoms with Gasteiger partial charge in [-0.15, -0.1) is 0 Å². The Bertz CT molecular complexity index is 244. The van der Waals surface area contributed by atoms with Crippen LogP contribution in [0.5, 0.6) is 0 Å². The summed E-state index contributed by atoms with van der Waals surface area (Å²) in [6, 6.07) is 0. The standard InChI is InChI=1S/C14H24/c1-4-14(3)9(2)5-10-6-11-7-12(14)8-13(10)11/h9-13H,4-8H2,1-3H3. The monoisotopic (exact) mass is 192 g/mol. The van der Waals surface area contributed by atoms with E-state index in [1.165, 1.54) is 6.42 Å². The lowest BCUT2D eigenvalue weighted by Crippen LogP contribution is -2.38. The smallest absolute Gasteiger partial charge is 0.0274 e. The van der Waals surface area contributed by atoms with Gasteiger partial charge in [0.25, 0.3) is 0 Å². The summed E-state index contributed by atoms with van der Waals surface area (Å²) in [4.78, 5) is 0. The maximum Gasteiger partial charge on any atom is -0.0274 e. The van der Waals surface area contributed by atoms with Gasteiger partial charge < -0.3 is 0 Å². The highest BCUT2D eigenvalue weighted by molar-refractivity contribution is 5.05. The Morgan fingerprint density at radius 2 is 1.79 bits per heavy atom. The molecule has 0 aliphatic heterocycles. The maximum absolute atomic E-state index is 2.58. The molecule has 0 aromatic heterocycles. The molecule has 3 aliphatic carbocycles. The molecule has 0 heterocycles. The van der Waals surface area contributed by atoms with E-state index in [2.05, 4.69) is 20.8 Å². The molecule has 2 bridgehead atoms. The molecule has 3 rings (SSSR count). The van der Waals surface area contributed by atoms with Gasteiger partial charge in [0.15, 0.2) is 0 Å². The van der Waals surface area contributed by atoms with Crippen LogP contribution in [0.25, 0.3) is 0 Å². The predicted molar refractivity (Wildman–Crippen MR) is 60.0 cm³/mol. The molecular formula is C14H24. The first kappa shape index (κ1) is 9.24. The van der Waals surface area contributed by atoms with Crippen molar-refractivity contribution in [3.63, 3.8) is 0 Å². The van der Waals surface area contributed by atoms with Gasteiger partial charge in [0.1, 0.15) is 0 Å². The number of hydrogen-bond acceptors (Lipinski definition) is 0. The van der Waals surface area contributed by atoms with E-state index in [9.17, 15) is 0 Å². The van der Waals surface area contributed by atoms with E-state index in [1.54, 1.807) is 25.7 Å². The van der Waals surface area contributed by atoms with Crippen molar-refractivity contribution >= 4 is 0 Å². The molecule has 0 saturated heterocycles. The van der Waals surface area contributed by atoms with Gasteiger partial charge in [-0.2, -0.15) is 0 Å². The number of rotatable bonds is 1. The van der Waals surface area contributed by atoms with Crippen LogP contribution in [-0.4, -0.2) is 0 Å². The van der Waals surface area contributed by atoms with Gasteiger partial charge in [0, 0.05) is 0 Å². The molecule has 0 radical (unpaired) electrons. The summed E-state index contributed by atoms with van der Waals surface area (Å²) in [7, 11) is 0. The second-order valence-electron chi connectivity index (χ2n) is 6.58. The number of fused-ring (bicyclic) bond motifs is 1. The fourth-order valence-corrected chi connectivity index (χ4v) is 4.95. The minimum absolute atomic E-state index is 0.683. The van der Waals surface area contributed by atoms with Gasteiger partial charge in [-0.05, 0) is 60.7 Å². The molecule has 3 fully saturated rings. The van der Waals surface area contributed by atoms with E-state index in [4.69, 9.17) is 0 Å². The van der Waals surface area contributed by atoms with Crippen molar-refractivity contribution in [2.45, 2.75) is 52.9 Å². The van der Waals surface area contributed by atoms with Crippen molar-refractivity contribution in [3.05, 3.63) is 0 Å². The normalized spacial score (nSPS) is 60.6. The zero-order chi connectivity index (χ0) is 9.92. The SMILES string of the molecule is CCC1(C)C(C)CC2CC3CC1CC23. The molecule has 0 nitrogen and oxygen atoms in total. The Morgan fingerprint density at radius 3 is 2.50 bits per heavy atom. The summed E-state index contributed by atoms with van der Waals surface area (Å²) in [5.41, 5.74) is 0.683. The summed E-state index contributed by atoms with van der Waals surface area (Å²) < 4.78 is 0. The molecule has 14 heavy (non-hydrogen) atoms. The summed E-state index contributed by atoms with van der Waals surface area (Å²) >= 11 is 0. The average molecular weight is 192 g/mol. The van der Waals surface area contributed by atoms with Gasteiger partial charge in [0.2, 0.25) is 0 Å². The van der Waals surface area contributed by atoms with Crippen LogP contribution in [-0.2, 0) is 0 Å². The van der Waals surface area contributed by atoms with E-state index in [1.807, 2.05) is 0 Å². The van der Waals surface area contributed by atoms with E-state index in [0.717, 1.165) is 29.6 Å². The third-order valence-electron chi connectivity index (χ3n) is 6.44. The van der Waals surface area contributed by atoms with Gasteiger partial charge in [-0.3, -0.25) is 0 Å². The first-order chi connectivity index (χ1) is 6.65. The lowest BCUT2D eigenvalue weighted by molar-refractivity contribution is 0.0302. The third kappa shape index (κ3) is 0.955. The summed E-state index contributed by atoms with van der Waals surface area (Å²) in [5.74, 6) is 5.51. The molecule has 6 atom stereocenters. The van der Waals surface area contributed by atoms with Crippen LogP contribution in [0, 0.1) is 35.0 Å².